The summed E-state index contributed by atoms with van der Waals surface area (Å²) in [4.78, 5) is 0. The molecule has 218 valence electrons. The molecule has 10 aliphatic rings. The van der Waals surface area contributed by atoms with Gasteiger partial charge in [0.2, 0.25) is 0 Å². The Balaban J connectivity index is 1.08. The second kappa shape index (κ2) is 10.3. The van der Waals surface area contributed by atoms with Crippen molar-refractivity contribution in [2.75, 3.05) is 26.2 Å². The summed E-state index contributed by atoms with van der Waals surface area (Å²) in [6.45, 7) is 5.10. The molecule has 11 rings (SSSR count). The summed E-state index contributed by atoms with van der Waals surface area (Å²) in [5, 5.41) is 9.01. The highest BCUT2D eigenvalue weighted by Gasteiger charge is 2.62. The van der Waals surface area contributed by atoms with Crippen molar-refractivity contribution in [3.63, 3.8) is 0 Å². The topological polar surface area (TPSA) is 24.1 Å². The fraction of sp³-hybridized carbons (Fsp3) is 0.833. The fourth-order valence-corrected chi connectivity index (χ4v) is 21.9. The van der Waals surface area contributed by atoms with Crippen LogP contribution in [-0.2, 0) is 12.3 Å². The summed E-state index contributed by atoms with van der Waals surface area (Å²) < 4.78 is 0. The monoisotopic (exact) mass is 576 g/mol. The summed E-state index contributed by atoms with van der Waals surface area (Å²) in [5.74, 6) is 6.57. The molecule has 8 saturated carbocycles. The normalized spacial score (nSPS) is 48.2. The first kappa shape index (κ1) is 26.4. The fourth-order valence-electron chi connectivity index (χ4n) is 13.3. The molecule has 10 fully saturated rings. The van der Waals surface area contributed by atoms with Crippen molar-refractivity contribution in [3.8, 4) is 0 Å². The predicted molar refractivity (Wildman–Crippen MR) is 172 cm³/mol. The lowest BCUT2D eigenvalue weighted by Gasteiger charge is -2.67. The number of hydrogen-bond acceptors (Lipinski definition) is 2. The van der Waals surface area contributed by atoms with Gasteiger partial charge in [-0.3, -0.25) is 0 Å². The zero-order valence-corrected chi connectivity index (χ0v) is 26.8. The Labute approximate surface area is 246 Å². The summed E-state index contributed by atoms with van der Waals surface area (Å²) in [6, 6.07) is 10.1. The van der Waals surface area contributed by atoms with E-state index in [2.05, 4.69) is 34.9 Å². The van der Waals surface area contributed by atoms with Gasteiger partial charge in [0.1, 0.15) is 0 Å². The molecule has 0 spiro atoms. The third kappa shape index (κ3) is 4.54. The minimum Gasteiger partial charge on any atom is -0.316 e. The van der Waals surface area contributed by atoms with Gasteiger partial charge in [-0.05, 0) is 184 Å². The van der Waals surface area contributed by atoms with Crippen LogP contribution in [0.4, 0.5) is 0 Å². The third-order valence-electron chi connectivity index (χ3n) is 14.0. The first-order valence-electron chi connectivity index (χ1n) is 17.6. The molecule has 4 heteroatoms. The molecule has 0 radical (unpaired) electrons. The van der Waals surface area contributed by atoms with Crippen molar-refractivity contribution in [2.45, 2.75) is 124 Å². The van der Waals surface area contributed by atoms with Crippen LogP contribution in [0, 0.1) is 35.5 Å². The van der Waals surface area contributed by atoms with Crippen LogP contribution in [0.25, 0.3) is 0 Å². The van der Waals surface area contributed by atoms with Gasteiger partial charge in [-0.2, -0.15) is 0 Å². The lowest BCUT2D eigenvalue weighted by atomic mass is 9.55. The Morgan fingerprint density at radius 2 is 0.975 bits per heavy atom. The molecule has 2 aliphatic heterocycles. The van der Waals surface area contributed by atoms with E-state index in [4.69, 9.17) is 0 Å². The average Bonchev–Trinajstić information content (AvgIpc) is 3.65. The number of nitrogens with one attached hydrogen (secondary N) is 2. The maximum atomic E-state index is 3.76. The second-order valence-corrected chi connectivity index (χ2v) is 22.5. The van der Waals surface area contributed by atoms with Gasteiger partial charge in [-0.15, -0.1) is 0 Å². The first-order chi connectivity index (χ1) is 19.6. The lowest BCUT2D eigenvalue weighted by Crippen LogP contribution is -2.56. The van der Waals surface area contributed by atoms with Crippen LogP contribution in [-0.4, -0.2) is 47.8 Å². The van der Waals surface area contributed by atoms with Crippen molar-refractivity contribution < 1.29 is 0 Å². The zero-order chi connectivity index (χ0) is 26.3. The van der Waals surface area contributed by atoms with Gasteiger partial charge in [-0.25, -0.2) is 0 Å². The van der Waals surface area contributed by atoms with Gasteiger partial charge < -0.3 is 10.6 Å². The number of rotatable bonds is 8. The van der Waals surface area contributed by atoms with Gasteiger partial charge in [0.25, 0.3) is 0 Å². The van der Waals surface area contributed by atoms with Crippen molar-refractivity contribution in [1.82, 2.24) is 10.6 Å². The van der Waals surface area contributed by atoms with E-state index >= 15 is 0 Å². The summed E-state index contributed by atoms with van der Waals surface area (Å²) >= 11 is 0. The van der Waals surface area contributed by atoms with Gasteiger partial charge in [0.05, 0.1) is 0 Å². The van der Waals surface area contributed by atoms with E-state index in [1.54, 1.807) is 82.6 Å². The van der Waals surface area contributed by atoms with E-state index < -0.39 is 0 Å². The SMILES string of the molecule is c1ccc(CP(C23CC4CC(CC(C4)C2)C3)C23CC4CC(CC(C4)C2)C3)c(CP(C2CCNC2)C2CCNC2)c1. The largest absolute Gasteiger partial charge is 0.316 e. The lowest BCUT2D eigenvalue weighted by molar-refractivity contribution is 0.0184. The van der Waals surface area contributed by atoms with E-state index in [-0.39, 0.29) is 15.8 Å². The standard InChI is InChI=1S/C36H54N2P2/c1-2-4-32(31(3-1)23-39(33-5-7-37-21-33)34-6-8-38-22-34)24-40(35-15-25-9-26(16-35)11-27(10-25)17-35)36-18-28-12-29(19-36)14-30(13-28)20-36/h1-4,25-30,33-34,37-38H,5-24H2. The van der Waals surface area contributed by atoms with E-state index in [0.717, 1.165) is 57.1 Å². The second-order valence-electron chi connectivity index (χ2n) is 16.6. The van der Waals surface area contributed by atoms with Crippen LogP contribution < -0.4 is 10.6 Å². The predicted octanol–water partition coefficient (Wildman–Crippen LogP) is 8.31. The Morgan fingerprint density at radius 1 is 0.575 bits per heavy atom. The van der Waals surface area contributed by atoms with Crippen LogP contribution >= 0.6 is 15.8 Å². The molecular formula is C36H54N2P2. The molecule has 0 amide bonds. The molecule has 2 heterocycles. The van der Waals surface area contributed by atoms with Crippen LogP contribution in [0.2, 0.25) is 0 Å². The summed E-state index contributed by atoms with van der Waals surface area (Å²) in [5.41, 5.74) is 5.53. The molecular weight excluding hydrogens is 522 g/mol. The van der Waals surface area contributed by atoms with Gasteiger partial charge in [-0.1, -0.05) is 40.1 Å². The van der Waals surface area contributed by atoms with Crippen LogP contribution in [0.1, 0.15) is 101 Å². The molecule has 1 aromatic rings. The van der Waals surface area contributed by atoms with E-state index in [9.17, 15) is 0 Å². The zero-order valence-electron chi connectivity index (χ0n) is 25.0. The molecule has 8 aliphatic carbocycles. The highest BCUT2D eigenvalue weighted by atomic mass is 31.1. The summed E-state index contributed by atoms with van der Waals surface area (Å²) in [6.07, 6.45) is 25.3. The highest BCUT2D eigenvalue weighted by Crippen LogP contribution is 2.79. The molecule has 2 nitrogen and oxygen atoms in total. The van der Waals surface area contributed by atoms with E-state index in [0.29, 0.717) is 0 Å². The van der Waals surface area contributed by atoms with Crippen LogP contribution in [0.3, 0.4) is 0 Å². The number of benzene rings is 1. The Bertz CT molecular complexity index is 957. The molecule has 8 bridgehead atoms. The molecule has 2 atom stereocenters. The molecule has 1 aromatic carbocycles. The molecule has 2 unspecified atom stereocenters. The molecule has 2 saturated heterocycles. The van der Waals surface area contributed by atoms with Gasteiger partial charge >= 0.3 is 0 Å². The van der Waals surface area contributed by atoms with Crippen LogP contribution in [0.5, 0.6) is 0 Å². The summed E-state index contributed by atoms with van der Waals surface area (Å²) in [7, 11) is 0.0835. The maximum absolute atomic E-state index is 3.76. The van der Waals surface area contributed by atoms with Crippen LogP contribution in [0.15, 0.2) is 24.3 Å². The van der Waals surface area contributed by atoms with Crippen molar-refractivity contribution in [1.29, 1.82) is 0 Å². The smallest absolute Gasteiger partial charge is 0.00196 e. The Morgan fingerprint density at radius 3 is 1.35 bits per heavy atom. The maximum Gasteiger partial charge on any atom is 0.00196 e. The average molecular weight is 577 g/mol. The minimum atomic E-state index is 0.0357. The quantitative estimate of drug-likeness (QED) is 0.304. The van der Waals surface area contributed by atoms with Crippen molar-refractivity contribution in [3.05, 3.63) is 35.4 Å². The van der Waals surface area contributed by atoms with Crippen molar-refractivity contribution >= 4 is 15.8 Å². The Hall–Kier alpha value is -0.0000000000000000555. The van der Waals surface area contributed by atoms with E-state index in [1.807, 2.05) is 5.56 Å². The van der Waals surface area contributed by atoms with E-state index in [1.165, 1.54) is 51.3 Å². The van der Waals surface area contributed by atoms with Gasteiger partial charge in [0, 0.05) is 13.1 Å². The first-order valence-corrected chi connectivity index (χ1v) is 20.8. The molecule has 0 aromatic heterocycles. The molecule has 2 N–H and O–H groups in total. The number of hydrogen-bond donors (Lipinski definition) is 2. The highest BCUT2D eigenvalue weighted by molar-refractivity contribution is 7.60. The third-order valence-corrected chi connectivity index (χ3v) is 21.5. The molecule has 40 heavy (non-hydrogen) atoms. The van der Waals surface area contributed by atoms with Gasteiger partial charge in [0.15, 0.2) is 0 Å². The minimum absolute atomic E-state index is 0.0357. The Kier molecular flexibility index (Phi) is 6.79. The van der Waals surface area contributed by atoms with Crippen molar-refractivity contribution in [2.24, 2.45) is 35.5 Å².